The van der Waals surface area contributed by atoms with Gasteiger partial charge in [0.1, 0.15) is 5.82 Å². The summed E-state index contributed by atoms with van der Waals surface area (Å²) < 4.78 is 0. The van der Waals surface area contributed by atoms with Gasteiger partial charge in [-0.1, -0.05) is 38.8 Å². The third-order valence-corrected chi connectivity index (χ3v) is 3.55. The number of carbonyl (C=O) groups excluding carboxylic acids is 1. The molecule has 1 aromatic rings. The molecular weight excluding hydrogens is 274 g/mol. The summed E-state index contributed by atoms with van der Waals surface area (Å²) in [7, 11) is 1.81. The minimum absolute atomic E-state index is 0.0401. The smallest absolute Gasteiger partial charge is 0.255 e. The number of nitrogens with zero attached hydrogens (tertiary/aromatic N) is 2. The van der Waals surface area contributed by atoms with E-state index in [1.165, 1.54) is 0 Å². The van der Waals surface area contributed by atoms with Crippen molar-refractivity contribution in [3.8, 4) is 0 Å². The van der Waals surface area contributed by atoms with Crippen LogP contribution >= 0.6 is 11.6 Å². The summed E-state index contributed by atoms with van der Waals surface area (Å²) in [6.45, 7) is 7.88. The maximum absolute atomic E-state index is 12.3. The Morgan fingerprint density at radius 3 is 2.75 bits per heavy atom. The molecule has 1 unspecified atom stereocenters. The van der Waals surface area contributed by atoms with E-state index < -0.39 is 0 Å². The lowest BCUT2D eigenvalue weighted by Crippen LogP contribution is -2.31. The predicted molar refractivity (Wildman–Crippen MR) is 84.4 cm³/mol. The van der Waals surface area contributed by atoms with E-state index in [2.05, 4.69) is 31.1 Å². The Balaban J connectivity index is 2.76. The number of halogens is 1. The fourth-order valence-corrected chi connectivity index (χ4v) is 2.06. The second-order valence-electron chi connectivity index (χ2n) is 5.18. The van der Waals surface area contributed by atoms with Crippen LogP contribution in [0.15, 0.2) is 12.3 Å². The highest BCUT2D eigenvalue weighted by Crippen LogP contribution is 2.21. The molecule has 1 N–H and O–H groups in total. The summed E-state index contributed by atoms with van der Waals surface area (Å²) in [6, 6.07) is 1.68. The third kappa shape index (κ3) is 4.67. The number of amides is 1. The Hall–Kier alpha value is -1.29. The van der Waals surface area contributed by atoms with E-state index in [9.17, 15) is 4.79 Å². The molecule has 0 saturated heterocycles. The van der Waals surface area contributed by atoms with Crippen molar-refractivity contribution >= 4 is 23.3 Å². The van der Waals surface area contributed by atoms with Crippen LogP contribution in [0.4, 0.5) is 5.82 Å². The normalized spacial score (nSPS) is 12.1. The summed E-state index contributed by atoms with van der Waals surface area (Å²) in [5.41, 5.74) is 0.530. The predicted octanol–water partition coefficient (Wildman–Crippen LogP) is 3.68. The van der Waals surface area contributed by atoms with Crippen LogP contribution in [0.2, 0.25) is 5.02 Å². The van der Waals surface area contributed by atoms with E-state index in [4.69, 9.17) is 11.6 Å². The maximum atomic E-state index is 12.3. The molecule has 1 heterocycles. The number of carbonyl (C=O) groups is 1. The molecule has 0 radical (unpaired) electrons. The molecule has 5 heteroatoms. The van der Waals surface area contributed by atoms with E-state index in [1.807, 2.05) is 7.05 Å². The maximum Gasteiger partial charge on any atom is 0.255 e. The minimum atomic E-state index is -0.0401. The molecule has 0 aromatic carbocycles. The lowest BCUT2D eigenvalue weighted by atomic mass is 10.1. The van der Waals surface area contributed by atoms with Gasteiger partial charge in [0.15, 0.2) is 0 Å². The van der Waals surface area contributed by atoms with Crippen LogP contribution in [-0.4, -0.2) is 35.9 Å². The highest BCUT2D eigenvalue weighted by atomic mass is 35.5. The molecule has 0 spiro atoms. The van der Waals surface area contributed by atoms with Crippen molar-refractivity contribution in [3.05, 3.63) is 22.8 Å². The van der Waals surface area contributed by atoms with Crippen LogP contribution in [0.5, 0.6) is 0 Å². The number of nitrogens with one attached hydrogen (secondary N) is 1. The van der Waals surface area contributed by atoms with Gasteiger partial charge in [-0.25, -0.2) is 4.98 Å². The lowest BCUT2D eigenvalue weighted by molar-refractivity contribution is 0.0774. The van der Waals surface area contributed by atoms with Crippen molar-refractivity contribution in [1.29, 1.82) is 0 Å². The molecule has 0 saturated carbocycles. The highest BCUT2D eigenvalue weighted by Gasteiger charge is 2.15. The van der Waals surface area contributed by atoms with E-state index in [1.54, 1.807) is 17.2 Å². The molecule has 112 valence electrons. The van der Waals surface area contributed by atoms with Crippen LogP contribution < -0.4 is 5.32 Å². The Morgan fingerprint density at radius 2 is 2.20 bits per heavy atom. The second-order valence-corrected chi connectivity index (χ2v) is 5.59. The summed E-state index contributed by atoms with van der Waals surface area (Å²) in [5.74, 6) is 1.08. The first-order chi connectivity index (χ1) is 9.49. The number of rotatable bonds is 7. The van der Waals surface area contributed by atoms with Gasteiger partial charge in [-0.05, 0) is 18.4 Å². The number of pyridine rings is 1. The SMILES string of the molecule is CCCNc1ncc(C(=O)N(C)CC(C)CC)cc1Cl. The van der Waals surface area contributed by atoms with Gasteiger partial charge in [0.25, 0.3) is 5.91 Å². The molecule has 0 aliphatic carbocycles. The van der Waals surface area contributed by atoms with Crippen molar-refractivity contribution in [2.45, 2.75) is 33.6 Å². The van der Waals surface area contributed by atoms with Gasteiger partial charge in [-0.2, -0.15) is 0 Å². The van der Waals surface area contributed by atoms with Crippen LogP contribution in [0, 0.1) is 5.92 Å². The molecule has 1 atom stereocenters. The van der Waals surface area contributed by atoms with Crippen LogP contribution in [0.25, 0.3) is 0 Å². The third-order valence-electron chi connectivity index (χ3n) is 3.26. The molecule has 1 amide bonds. The van der Waals surface area contributed by atoms with Gasteiger partial charge in [-0.15, -0.1) is 0 Å². The Morgan fingerprint density at radius 1 is 1.50 bits per heavy atom. The molecule has 1 aromatic heterocycles. The topological polar surface area (TPSA) is 45.2 Å². The van der Waals surface area contributed by atoms with E-state index in [-0.39, 0.29) is 5.91 Å². The Labute approximate surface area is 126 Å². The largest absolute Gasteiger partial charge is 0.369 e. The number of hydrogen-bond donors (Lipinski definition) is 1. The van der Waals surface area contributed by atoms with E-state index in [0.29, 0.717) is 22.3 Å². The number of hydrogen-bond acceptors (Lipinski definition) is 3. The lowest BCUT2D eigenvalue weighted by Gasteiger charge is -2.21. The molecular formula is C15H24ClN3O. The van der Waals surface area contributed by atoms with Gasteiger partial charge in [0, 0.05) is 26.3 Å². The standard InChI is InChI=1S/C15H24ClN3O/c1-5-7-17-14-13(16)8-12(9-18-14)15(20)19(4)10-11(3)6-2/h8-9,11H,5-7,10H2,1-4H3,(H,17,18). The molecule has 1 rings (SSSR count). The van der Waals surface area contributed by atoms with Crippen molar-refractivity contribution < 1.29 is 4.79 Å². The molecule has 4 nitrogen and oxygen atoms in total. The van der Waals surface area contributed by atoms with Crippen LogP contribution in [-0.2, 0) is 0 Å². The van der Waals surface area contributed by atoms with Crippen molar-refractivity contribution in [1.82, 2.24) is 9.88 Å². The fraction of sp³-hybridized carbons (Fsp3) is 0.600. The summed E-state index contributed by atoms with van der Waals surface area (Å²) in [6.07, 6.45) is 3.63. The van der Waals surface area contributed by atoms with Crippen molar-refractivity contribution in [2.24, 2.45) is 5.92 Å². The second kappa shape index (κ2) is 8.10. The zero-order valence-corrected chi connectivity index (χ0v) is 13.5. The molecule has 20 heavy (non-hydrogen) atoms. The number of aromatic nitrogens is 1. The zero-order chi connectivity index (χ0) is 15.1. The first-order valence-corrected chi connectivity index (χ1v) is 7.52. The van der Waals surface area contributed by atoms with Gasteiger partial charge in [0.2, 0.25) is 0 Å². The Bertz CT molecular complexity index is 451. The number of anilines is 1. The van der Waals surface area contributed by atoms with Gasteiger partial charge < -0.3 is 10.2 Å². The minimum Gasteiger partial charge on any atom is -0.369 e. The van der Waals surface area contributed by atoms with Gasteiger partial charge in [-0.3, -0.25) is 4.79 Å². The summed E-state index contributed by atoms with van der Waals surface area (Å²) in [5, 5.41) is 3.62. The van der Waals surface area contributed by atoms with Crippen LogP contribution in [0.3, 0.4) is 0 Å². The van der Waals surface area contributed by atoms with E-state index in [0.717, 1.165) is 25.9 Å². The molecule has 0 aliphatic rings. The monoisotopic (exact) mass is 297 g/mol. The van der Waals surface area contributed by atoms with Crippen molar-refractivity contribution in [2.75, 3.05) is 25.5 Å². The molecule has 0 aliphatic heterocycles. The molecule has 0 fully saturated rings. The summed E-state index contributed by atoms with van der Waals surface area (Å²) in [4.78, 5) is 18.2. The highest BCUT2D eigenvalue weighted by molar-refractivity contribution is 6.33. The van der Waals surface area contributed by atoms with Crippen molar-refractivity contribution in [3.63, 3.8) is 0 Å². The average Bonchev–Trinajstić information content (AvgIpc) is 2.44. The van der Waals surface area contributed by atoms with E-state index >= 15 is 0 Å². The van der Waals surface area contributed by atoms with Gasteiger partial charge in [0.05, 0.1) is 10.6 Å². The fourth-order valence-electron chi connectivity index (χ4n) is 1.83. The first kappa shape index (κ1) is 16.8. The first-order valence-electron chi connectivity index (χ1n) is 7.14. The summed E-state index contributed by atoms with van der Waals surface area (Å²) >= 11 is 6.15. The van der Waals surface area contributed by atoms with Crippen LogP contribution in [0.1, 0.15) is 44.0 Å². The van der Waals surface area contributed by atoms with Gasteiger partial charge >= 0.3 is 0 Å². The average molecular weight is 298 g/mol. The zero-order valence-electron chi connectivity index (χ0n) is 12.7. The Kier molecular flexibility index (Phi) is 6.79. The molecule has 0 bridgehead atoms. The quantitative estimate of drug-likeness (QED) is 0.835.